The standard InChI is InChI=1S/C25H23ClN4S/c1-14-5-7-18(8-6-14)13-21-24-29-28-17(4)30(24)25-22(15(2)16(3)31-25)23(27-21)19-9-11-20(26)12-10-19/h5-12,21H,13H2,1-4H3. The van der Waals surface area contributed by atoms with Crippen LogP contribution in [0.25, 0.3) is 5.00 Å². The van der Waals surface area contributed by atoms with Gasteiger partial charge in [-0.25, -0.2) is 0 Å². The summed E-state index contributed by atoms with van der Waals surface area (Å²) in [5, 5.41) is 10.9. The molecule has 6 heteroatoms. The Morgan fingerprint density at radius 2 is 1.65 bits per heavy atom. The molecule has 0 spiro atoms. The van der Waals surface area contributed by atoms with Gasteiger partial charge in [-0.2, -0.15) is 0 Å². The molecule has 1 atom stereocenters. The molecule has 1 unspecified atom stereocenters. The molecular formula is C25H23ClN4S. The van der Waals surface area contributed by atoms with E-state index in [9.17, 15) is 0 Å². The number of rotatable bonds is 3. The largest absolute Gasteiger partial charge is 0.272 e. The molecule has 4 nitrogen and oxygen atoms in total. The summed E-state index contributed by atoms with van der Waals surface area (Å²) in [6.45, 7) is 8.46. The van der Waals surface area contributed by atoms with E-state index in [2.05, 4.69) is 71.9 Å². The molecule has 0 saturated heterocycles. The fraction of sp³-hybridized carbons (Fsp3) is 0.240. The Kier molecular flexibility index (Phi) is 5.03. The Bertz CT molecular complexity index is 1300. The van der Waals surface area contributed by atoms with E-state index in [-0.39, 0.29) is 6.04 Å². The number of aromatic nitrogens is 3. The van der Waals surface area contributed by atoms with Crippen LogP contribution >= 0.6 is 22.9 Å². The van der Waals surface area contributed by atoms with Crippen LogP contribution in [-0.2, 0) is 6.42 Å². The van der Waals surface area contributed by atoms with Crippen molar-refractivity contribution >= 4 is 28.6 Å². The van der Waals surface area contributed by atoms with Crippen LogP contribution in [0.4, 0.5) is 0 Å². The second-order valence-corrected chi connectivity index (χ2v) is 9.73. The van der Waals surface area contributed by atoms with Gasteiger partial charge < -0.3 is 0 Å². The van der Waals surface area contributed by atoms with E-state index in [0.717, 1.165) is 39.4 Å². The first-order chi connectivity index (χ1) is 14.9. The van der Waals surface area contributed by atoms with E-state index < -0.39 is 0 Å². The van der Waals surface area contributed by atoms with Crippen LogP contribution in [0.15, 0.2) is 53.5 Å². The van der Waals surface area contributed by atoms with Gasteiger partial charge in [0.1, 0.15) is 16.9 Å². The van der Waals surface area contributed by atoms with E-state index in [4.69, 9.17) is 16.6 Å². The van der Waals surface area contributed by atoms with Crippen molar-refractivity contribution in [2.75, 3.05) is 0 Å². The van der Waals surface area contributed by atoms with Gasteiger partial charge in [0.2, 0.25) is 0 Å². The van der Waals surface area contributed by atoms with Crippen molar-refractivity contribution in [3.63, 3.8) is 0 Å². The summed E-state index contributed by atoms with van der Waals surface area (Å²) in [7, 11) is 0. The zero-order chi connectivity index (χ0) is 21.7. The molecule has 156 valence electrons. The summed E-state index contributed by atoms with van der Waals surface area (Å²) in [5.74, 6) is 1.78. The second-order valence-electron chi connectivity index (χ2n) is 8.09. The lowest BCUT2D eigenvalue weighted by Crippen LogP contribution is -2.09. The Morgan fingerprint density at radius 1 is 0.935 bits per heavy atom. The topological polar surface area (TPSA) is 43.1 Å². The third-order valence-electron chi connectivity index (χ3n) is 5.91. The summed E-state index contributed by atoms with van der Waals surface area (Å²) < 4.78 is 2.20. The van der Waals surface area contributed by atoms with Gasteiger partial charge in [-0.3, -0.25) is 9.56 Å². The monoisotopic (exact) mass is 446 g/mol. The summed E-state index contributed by atoms with van der Waals surface area (Å²) in [4.78, 5) is 6.60. The average Bonchev–Trinajstić information content (AvgIpc) is 3.23. The molecule has 0 aliphatic carbocycles. The average molecular weight is 447 g/mol. The number of aryl methyl sites for hydroxylation is 3. The van der Waals surface area contributed by atoms with Gasteiger partial charge in [0.05, 0.1) is 5.71 Å². The Morgan fingerprint density at radius 3 is 2.35 bits per heavy atom. The molecule has 4 aromatic rings. The first-order valence-corrected chi connectivity index (χ1v) is 11.5. The summed E-state index contributed by atoms with van der Waals surface area (Å²) >= 11 is 7.96. The van der Waals surface area contributed by atoms with Crippen molar-refractivity contribution < 1.29 is 0 Å². The molecular weight excluding hydrogens is 424 g/mol. The fourth-order valence-electron chi connectivity index (χ4n) is 4.08. The van der Waals surface area contributed by atoms with Crippen molar-refractivity contribution in [2.24, 2.45) is 4.99 Å². The molecule has 0 fully saturated rings. The summed E-state index contributed by atoms with van der Waals surface area (Å²) in [6, 6.07) is 16.5. The molecule has 0 radical (unpaired) electrons. The second kappa shape index (κ2) is 7.74. The number of halogens is 1. The molecule has 31 heavy (non-hydrogen) atoms. The van der Waals surface area contributed by atoms with Gasteiger partial charge in [-0.15, -0.1) is 21.5 Å². The highest BCUT2D eigenvalue weighted by molar-refractivity contribution is 7.15. The molecule has 0 saturated carbocycles. The van der Waals surface area contributed by atoms with Crippen molar-refractivity contribution in [1.29, 1.82) is 0 Å². The van der Waals surface area contributed by atoms with E-state index in [1.54, 1.807) is 11.3 Å². The highest BCUT2D eigenvalue weighted by atomic mass is 35.5. The lowest BCUT2D eigenvalue weighted by molar-refractivity contribution is 0.658. The first kappa shape index (κ1) is 20.2. The minimum absolute atomic E-state index is 0.131. The predicted molar refractivity (Wildman–Crippen MR) is 128 cm³/mol. The highest BCUT2D eigenvalue weighted by Gasteiger charge is 2.31. The molecule has 1 aliphatic rings. The van der Waals surface area contributed by atoms with Crippen molar-refractivity contribution in [3.8, 4) is 5.00 Å². The van der Waals surface area contributed by atoms with Gasteiger partial charge in [-0.05, 0) is 51.0 Å². The van der Waals surface area contributed by atoms with Gasteiger partial charge in [0.15, 0.2) is 5.82 Å². The quantitative estimate of drug-likeness (QED) is 0.368. The van der Waals surface area contributed by atoms with Crippen molar-refractivity contribution in [3.05, 3.63) is 97.9 Å². The van der Waals surface area contributed by atoms with Crippen LogP contribution in [0.2, 0.25) is 5.02 Å². The number of hydrogen-bond donors (Lipinski definition) is 0. The van der Waals surface area contributed by atoms with Crippen LogP contribution in [-0.4, -0.2) is 20.5 Å². The minimum Gasteiger partial charge on any atom is -0.272 e. The van der Waals surface area contributed by atoms with E-state index in [0.29, 0.717) is 0 Å². The van der Waals surface area contributed by atoms with Crippen LogP contribution < -0.4 is 0 Å². The molecule has 3 heterocycles. The fourth-order valence-corrected chi connectivity index (χ4v) is 5.42. The number of aliphatic imine (C=N–C) groups is 1. The normalized spacial score (nSPS) is 15.3. The van der Waals surface area contributed by atoms with Crippen molar-refractivity contribution in [1.82, 2.24) is 14.8 Å². The van der Waals surface area contributed by atoms with Crippen LogP contribution in [0.1, 0.15) is 50.4 Å². The van der Waals surface area contributed by atoms with Gasteiger partial charge in [0.25, 0.3) is 0 Å². The van der Waals surface area contributed by atoms with E-state index >= 15 is 0 Å². The Labute approximate surface area is 191 Å². The zero-order valence-corrected chi connectivity index (χ0v) is 19.6. The first-order valence-electron chi connectivity index (χ1n) is 10.3. The lowest BCUT2D eigenvalue weighted by atomic mass is 9.99. The SMILES string of the molecule is Cc1ccc(CC2N=C(c3ccc(Cl)cc3)c3c(sc(C)c3C)-n3c(C)nnc32)cc1. The van der Waals surface area contributed by atoms with Crippen LogP contribution in [0, 0.1) is 27.7 Å². The molecule has 0 amide bonds. The van der Waals surface area contributed by atoms with E-state index in [1.807, 2.05) is 19.1 Å². The number of benzene rings is 2. The zero-order valence-electron chi connectivity index (χ0n) is 18.0. The number of nitrogens with zero attached hydrogens (tertiary/aromatic N) is 4. The third kappa shape index (κ3) is 3.52. The van der Waals surface area contributed by atoms with Crippen molar-refractivity contribution in [2.45, 2.75) is 40.2 Å². The van der Waals surface area contributed by atoms with Crippen LogP contribution in [0.3, 0.4) is 0 Å². The predicted octanol–water partition coefficient (Wildman–Crippen LogP) is 6.35. The minimum atomic E-state index is -0.131. The molecule has 2 aromatic heterocycles. The number of fused-ring (bicyclic) bond motifs is 3. The Hall–Kier alpha value is -2.76. The molecule has 0 bridgehead atoms. The van der Waals surface area contributed by atoms with Gasteiger partial charge >= 0.3 is 0 Å². The maximum absolute atomic E-state index is 6.18. The molecule has 5 rings (SSSR count). The maximum atomic E-state index is 6.18. The maximum Gasteiger partial charge on any atom is 0.163 e. The summed E-state index contributed by atoms with van der Waals surface area (Å²) in [5.41, 5.74) is 6.97. The van der Waals surface area contributed by atoms with E-state index in [1.165, 1.54) is 27.1 Å². The number of hydrogen-bond acceptors (Lipinski definition) is 4. The highest BCUT2D eigenvalue weighted by Crippen LogP contribution is 2.39. The Balaban J connectivity index is 1.74. The third-order valence-corrected chi connectivity index (χ3v) is 7.35. The number of thiophene rings is 1. The van der Waals surface area contributed by atoms with Gasteiger partial charge in [0, 0.05) is 27.4 Å². The van der Waals surface area contributed by atoms with Crippen LogP contribution in [0.5, 0.6) is 0 Å². The smallest absolute Gasteiger partial charge is 0.163 e. The molecule has 1 aliphatic heterocycles. The lowest BCUT2D eigenvalue weighted by Gasteiger charge is -2.13. The molecule has 0 N–H and O–H groups in total. The molecule has 2 aromatic carbocycles. The summed E-state index contributed by atoms with van der Waals surface area (Å²) in [6.07, 6.45) is 0.766. The van der Waals surface area contributed by atoms with Gasteiger partial charge in [-0.1, -0.05) is 53.6 Å².